The Morgan fingerprint density at radius 3 is 2.10 bits per heavy atom. The molecule has 0 atom stereocenters. The zero-order valence-corrected chi connectivity index (χ0v) is 17.5. The number of benzene rings is 3. The van der Waals surface area contributed by atoms with Gasteiger partial charge in [0.1, 0.15) is 29.2 Å². The van der Waals surface area contributed by atoms with Crippen LogP contribution in [-0.2, 0) is 10.0 Å². The molecule has 0 radical (unpaired) electrons. The monoisotopic (exact) mass is 441 g/mol. The number of nitro groups is 1. The highest BCUT2D eigenvalue weighted by Gasteiger charge is 2.27. The van der Waals surface area contributed by atoms with Crippen molar-refractivity contribution in [3.05, 3.63) is 82.9 Å². The lowest BCUT2D eigenvalue weighted by molar-refractivity contribution is -0.384. The van der Waals surface area contributed by atoms with Crippen molar-refractivity contribution in [2.45, 2.75) is 4.90 Å². The van der Waals surface area contributed by atoms with Crippen molar-refractivity contribution in [2.24, 2.45) is 4.99 Å². The van der Waals surface area contributed by atoms with Crippen molar-refractivity contribution >= 4 is 33.4 Å². The molecule has 0 aliphatic rings. The van der Waals surface area contributed by atoms with E-state index in [1.54, 1.807) is 48.5 Å². The number of hydrogen-bond acceptors (Lipinski definition) is 7. The molecule has 0 fully saturated rings. The van der Waals surface area contributed by atoms with Crippen LogP contribution in [0, 0.1) is 10.1 Å². The number of hydrogen-bond donors (Lipinski definition) is 0. The Bertz CT molecular complexity index is 1210. The summed E-state index contributed by atoms with van der Waals surface area (Å²) in [4.78, 5) is 14.5. The lowest BCUT2D eigenvalue weighted by Gasteiger charge is -2.22. The number of nitro benzene ring substituents is 1. The first-order valence-electron chi connectivity index (χ1n) is 8.97. The van der Waals surface area contributed by atoms with Crippen molar-refractivity contribution in [3.8, 4) is 11.5 Å². The number of anilines is 1. The van der Waals surface area contributed by atoms with Crippen LogP contribution in [0.15, 0.2) is 82.7 Å². The van der Waals surface area contributed by atoms with E-state index in [2.05, 4.69) is 4.99 Å². The molecule has 10 heteroatoms. The number of non-ortho nitro benzene ring substituents is 1. The largest absolute Gasteiger partial charge is 0.495 e. The van der Waals surface area contributed by atoms with Gasteiger partial charge < -0.3 is 9.47 Å². The van der Waals surface area contributed by atoms with Crippen molar-refractivity contribution < 1.29 is 22.8 Å². The SMILES string of the molecule is COc1ccccc1N=CN(c1ccccc1OC)S(=O)(=O)c1ccc([N+](=O)[O-])cc1. The van der Waals surface area contributed by atoms with Gasteiger partial charge in [0.05, 0.1) is 24.0 Å². The molecule has 0 saturated heterocycles. The summed E-state index contributed by atoms with van der Waals surface area (Å²) in [5.74, 6) is 0.769. The van der Waals surface area contributed by atoms with E-state index >= 15 is 0 Å². The molecular formula is C21H19N3O6S. The third-order valence-electron chi connectivity index (χ3n) is 4.31. The highest BCUT2D eigenvalue weighted by Crippen LogP contribution is 2.33. The van der Waals surface area contributed by atoms with Gasteiger partial charge >= 0.3 is 0 Å². The molecule has 160 valence electrons. The first-order chi connectivity index (χ1) is 14.9. The van der Waals surface area contributed by atoms with Crippen LogP contribution in [0.2, 0.25) is 0 Å². The van der Waals surface area contributed by atoms with Crippen LogP contribution in [0.3, 0.4) is 0 Å². The number of nitrogens with zero attached hydrogens (tertiary/aromatic N) is 3. The average Bonchev–Trinajstić information content (AvgIpc) is 2.79. The zero-order chi connectivity index (χ0) is 22.4. The number of methoxy groups -OCH3 is 2. The minimum Gasteiger partial charge on any atom is -0.495 e. The molecule has 0 aromatic heterocycles. The van der Waals surface area contributed by atoms with Crippen LogP contribution < -0.4 is 13.8 Å². The van der Waals surface area contributed by atoms with Crippen LogP contribution >= 0.6 is 0 Å². The summed E-state index contributed by atoms with van der Waals surface area (Å²) >= 11 is 0. The van der Waals surface area contributed by atoms with Gasteiger partial charge in [-0.15, -0.1) is 0 Å². The van der Waals surface area contributed by atoms with E-state index in [1.807, 2.05) is 0 Å². The smallest absolute Gasteiger partial charge is 0.269 e. The average molecular weight is 441 g/mol. The zero-order valence-electron chi connectivity index (χ0n) is 16.7. The predicted octanol–water partition coefficient (Wildman–Crippen LogP) is 4.17. The van der Waals surface area contributed by atoms with E-state index in [9.17, 15) is 18.5 Å². The molecule has 0 saturated carbocycles. The Labute approximate surface area is 179 Å². The fourth-order valence-electron chi connectivity index (χ4n) is 2.77. The van der Waals surface area contributed by atoms with Gasteiger partial charge in [-0.1, -0.05) is 24.3 Å². The third-order valence-corrected chi connectivity index (χ3v) is 5.99. The van der Waals surface area contributed by atoms with E-state index < -0.39 is 14.9 Å². The molecule has 0 unspecified atom stereocenters. The van der Waals surface area contributed by atoms with Crippen molar-refractivity contribution in [2.75, 3.05) is 18.5 Å². The lowest BCUT2D eigenvalue weighted by Crippen LogP contribution is -2.30. The number of ether oxygens (including phenoxy) is 2. The van der Waals surface area contributed by atoms with Gasteiger partial charge in [-0.2, -0.15) is 0 Å². The molecule has 0 N–H and O–H groups in total. The minimum absolute atomic E-state index is 0.143. The maximum Gasteiger partial charge on any atom is 0.269 e. The molecule has 31 heavy (non-hydrogen) atoms. The van der Waals surface area contributed by atoms with Crippen molar-refractivity contribution in [3.63, 3.8) is 0 Å². The second-order valence-electron chi connectivity index (χ2n) is 6.14. The van der Waals surface area contributed by atoms with Crippen molar-refractivity contribution in [1.29, 1.82) is 0 Å². The molecule has 0 spiro atoms. The first-order valence-corrected chi connectivity index (χ1v) is 10.4. The number of sulfonamides is 1. The van der Waals surface area contributed by atoms with E-state index in [0.29, 0.717) is 17.2 Å². The molecule has 0 heterocycles. The molecule has 3 aromatic rings. The van der Waals surface area contributed by atoms with E-state index in [1.165, 1.54) is 26.4 Å². The van der Waals surface area contributed by atoms with Crippen LogP contribution in [0.4, 0.5) is 17.1 Å². The highest BCUT2D eigenvalue weighted by atomic mass is 32.2. The molecule has 0 aliphatic heterocycles. The molecule has 0 bridgehead atoms. The van der Waals surface area contributed by atoms with E-state index in [0.717, 1.165) is 22.8 Å². The van der Waals surface area contributed by atoms with Gasteiger partial charge in [0.15, 0.2) is 0 Å². The fraction of sp³-hybridized carbons (Fsp3) is 0.0952. The summed E-state index contributed by atoms with van der Waals surface area (Å²) < 4.78 is 38.4. The lowest BCUT2D eigenvalue weighted by atomic mass is 10.3. The summed E-state index contributed by atoms with van der Waals surface area (Å²) in [6.07, 6.45) is 1.15. The summed E-state index contributed by atoms with van der Waals surface area (Å²) in [6.45, 7) is 0. The van der Waals surface area contributed by atoms with Crippen LogP contribution in [0.5, 0.6) is 11.5 Å². The van der Waals surface area contributed by atoms with Crippen LogP contribution in [0.1, 0.15) is 0 Å². The highest BCUT2D eigenvalue weighted by molar-refractivity contribution is 7.93. The number of aliphatic imine (C=N–C) groups is 1. The Hall–Kier alpha value is -3.92. The standard InChI is InChI=1S/C21H19N3O6S/c1-29-20-9-5-3-7-18(20)22-15-23(19-8-4-6-10-21(19)30-2)31(27,28)17-13-11-16(12-14-17)24(25)26/h3-15H,1-2H3. The molecular weight excluding hydrogens is 422 g/mol. The summed E-state index contributed by atoms with van der Waals surface area (Å²) in [5.41, 5.74) is 0.427. The summed E-state index contributed by atoms with van der Waals surface area (Å²) in [6, 6.07) is 18.0. The molecule has 3 aromatic carbocycles. The maximum atomic E-state index is 13.4. The summed E-state index contributed by atoms with van der Waals surface area (Å²) in [7, 11) is -1.27. The van der Waals surface area contributed by atoms with Crippen molar-refractivity contribution in [1.82, 2.24) is 0 Å². The second kappa shape index (κ2) is 9.26. The van der Waals surface area contributed by atoms with Gasteiger partial charge in [0.2, 0.25) is 0 Å². The third kappa shape index (κ3) is 4.64. The van der Waals surface area contributed by atoms with Crippen LogP contribution in [-0.4, -0.2) is 33.9 Å². The van der Waals surface area contributed by atoms with E-state index in [-0.39, 0.29) is 16.3 Å². The Kier molecular flexibility index (Phi) is 6.51. The fourth-order valence-corrected chi connectivity index (χ4v) is 4.06. The summed E-state index contributed by atoms with van der Waals surface area (Å²) in [5, 5.41) is 10.9. The normalized spacial score (nSPS) is 11.3. The predicted molar refractivity (Wildman–Crippen MR) is 117 cm³/mol. The van der Waals surface area contributed by atoms with Gasteiger partial charge in [-0.05, 0) is 36.4 Å². The minimum atomic E-state index is -4.18. The van der Waals surface area contributed by atoms with Gasteiger partial charge in [-0.25, -0.2) is 17.7 Å². The maximum absolute atomic E-state index is 13.4. The number of rotatable bonds is 8. The van der Waals surface area contributed by atoms with Gasteiger partial charge in [0, 0.05) is 12.1 Å². The van der Waals surface area contributed by atoms with Gasteiger partial charge in [-0.3, -0.25) is 10.1 Å². The van der Waals surface area contributed by atoms with Crippen LogP contribution in [0.25, 0.3) is 0 Å². The van der Waals surface area contributed by atoms with Gasteiger partial charge in [0.25, 0.3) is 15.7 Å². The quantitative estimate of drug-likeness (QED) is 0.224. The number of para-hydroxylation sites is 4. The first kappa shape index (κ1) is 21.8. The Morgan fingerprint density at radius 1 is 0.903 bits per heavy atom. The molecule has 3 rings (SSSR count). The molecule has 9 nitrogen and oxygen atoms in total. The molecule has 0 amide bonds. The molecule has 0 aliphatic carbocycles. The topological polar surface area (TPSA) is 111 Å². The Morgan fingerprint density at radius 2 is 1.48 bits per heavy atom. The van der Waals surface area contributed by atoms with E-state index in [4.69, 9.17) is 9.47 Å². The second-order valence-corrected chi connectivity index (χ2v) is 7.96. The Balaban J connectivity index is 2.13.